The number of nitrogens with one attached hydrogen (secondary N) is 1. The number of aliphatic imine (C=N–C) groups is 1. The van der Waals surface area contributed by atoms with Gasteiger partial charge in [0, 0.05) is 30.6 Å². The molecule has 27 heavy (non-hydrogen) atoms. The van der Waals surface area contributed by atoms with Crippen LogP contribution in [0.4, 0.5) is 10.5 Å². The Morgan fingerprint density at radius 1 is 1.15 bits per heavy atom. The Labute approximate surface area is 162 Å². The van der Waals surface area contributed by atoms with Gasteiger partial charge in [-0.2, -0.15) is 0 Å². The van der Waals surface area contributed by atoms with E-state index in [9.17, 15) is 9.59 Å². The molecular formula is C20H19ClN4O2. The zero-order valence-corrected chi connectivity index (χ0v) is 15.8. The van der Waals surface area contributed by atoms with Gasteiger partial charge in [0.05, 0.1) is 18.8 Å². The summed E-state index contributed by atoms with van der Waals surface area (Å²) in [4.78, 5) is 31.6. The Kier molecular flexibility index (Phi) is 4.36. The molecule has 0 radical (unpaired) electrons. The Morgan fingerprint density at radius 2 is 1.89 bits per heavy atom. The van der Waals surface area contributed by atoms with Crippen LogP contribution >= 0.6 is 11.6 Å². The van der Waals surface area contributed by atoms with Crippen LogP contribution in [0.25, 0.3) is 0 Å². The number of benzene rings is 2. The van der Waals surface area contributed by atoms with Crippen molar-refractivity contribution in [3.05, 3.63) is 64.2 Å². The summed E-state index contributed by atoms with van der Waals surface area (Å²) in [6, 6.07) is 13.0. The van der Waals surface area contributed by atoms with Crippen LogP contribution in [0.15, 0.2) is 47.5 Å². The zero-order valence-electron chi connectivity index (χ0n) is 15.1. The number of amidine groups is 1. The predicted octanol–water partition coefficient (Wildman–Crippen LogP) is 2.85. The number of carbonyl (C=O) groups excluding carboxylic acids is 2. The van der Waals surface area contributed by atoms with Crippen molar-refractivity contribution in [2.45, 2.75) is 5.92 Å². The number of fused-ring (bicyclic) bond motifs is 1. The van der Waals surface area contributed by atoms with Crippen LogP contribution in [0.2, 0.25) is 5.02 Å². The second-order valence-corrected chi connectivity index (χ2v) is 7.26. The third-order valence-corrected chi connectivity index (χ3v) is 5.11. The molecule has 6 nitrogen and oxygen atoms in total. The maximum Gasteiger partial charge on any atom is 0.329 e. The van der Waals surface area contributed by atoms with E-state index in [1.54, 1.807) is 12.1 Å². The molecule has 0 spiro atoms. The number of anilines is 1. The van der Waals surface area contributed by atoms with Crippen molar-refractivity contribution >= 4 is 35.1 Å². The van der Waals surface area contributed by atoms with E-state index in [-0.39, 0.29) is 24.4 Å². The van der Waals surface area contributed by atoms with Crippen molar-refractivity contribution in [1.82, 2.24) is 10.2 Å². The summed E-state index contributed by atoms with van der Waals surface area (Å²) in [6.07, 6.45) is 0. The van der Waals surface area contributed by atoms with Crippen molar-refractivity contribution in [1.29, 1.82) is 0 Å². The first-order chi connectivity index (χ1) is 13.0. The van der Waals surface area contributed by atoms with Gasteiger partial charge in [-0.1, -0.05) is 23.7 Å². The normalized spacial score (nSPS) is 18.9. The maximum absolute atomic E-state index is 11.9. The lowest BCUT2D eigenvalue weighted by Crippen LogP contribution is -2.31. The molecule has 1 unspecified atom stereocenters. The van der Waals surface area contributed by atoms with Crippen LogP contribution in [0, 0.1) is 0 Å². The number of rotatable bonds is 2. The molecule has 2 aromatic carbocycles. The molecule has 0 aliphatic carbocycles. The van der Waals surface area contributed by atoms with Gasteiger partial charge in [-0.15, -0.1) is 0 Å². The number of nitrogens with zero attached hydrogens (tertiary/aromatic N) is 3. The second-order valence-electron chi connectivity index (χ2n) is 6.82. The molecule has 1 saturated heterocycles. The highest BCUT2D eigenvalue weighted by Gasteiger charge is 2.30. The average molecular weight is 383 g/mol. The van der Waals surface area contributed by atoms with Crippen molar-refractivity contribution in [3.8, 4) is 0 Å². The first-order valence-electron chi connectivity index (χ1n) is 8.68. The summed E-state index contributed by atoms with van der Waals surface area (Å²) < 4.78 is 0. The first kappa shape index (κ1) is 17.5. The minimum Gasteiger partial charge on any atom is -0.363 e. The van der Waals surface area contributed by atoms with Crippen molar-refractivity contribution in [2.75, 3.05) is 32.1 Å². The molecule has 2 aromatic rings. The Balaban J connectivity index is 1.69. The van der Waals surface area contributed by atoms with Gasteiger partial charge in [0.2, 0.25) is 0 Å². The van der Waals surface area contributed by atoms with Crippen molar-refractivity contribution < 1.29 is 9.59 Å². The van der Waals surface area contributed by atoms with E-state index >= 15 is 0 Å². The van der Waals surface area contributed by atoms with Crippen LogP contribution < -0.4 is 10.2 Å². The van der Waals surface area contributed by atoms with E-state index in [0.717, 1.165) is 27.4 Å². The van der Waals surface area contributed by atoms with Gasteiger partial charge < -0.3 is 10.2 Å². The van der Waals surface area contributed by atoms with Gasteiger partial charge in [-0.25, -0.2) is 9.69 Å². The number of imide groups is 1. The summed E-state index contributed by atoms with van der Waals surface area (Å²) in [5, 5.41) is 3.22. The highest BCUT2D eigenvalue weighted by Crippen LogP contribution is 2.34. The van der Waals surface area contributed by atoms with E-state index in [0.29, 0.717) is 17.3 Å². The third-order valence-electron chi connectivity index (χ3n) is 4.87. The molecule has 3 amide bonds. The van der Waals surface area contributed by atoms with Crippen LogP contribution in [-0.2, 0) is 4.79 Å². The molecule has 1 atom stereocenters. The molecule has 0 bridgehead atoms. The highest BCUT2D eigenvalue weighted by atomic mass is 35.5. The minimum atomic E-state index is -0.386. The van der Waals surface area contributed by atoms with E-state index < -0.39 is 0 Å². The van der Waals surface area contributed by atoms with Gasteiger partial charge in [-0.05, 0) is 41.5 Å². The number of hydrogen-bond donors (Lipinski definition) is 1. The summed E-state index contributed by atoms with van der Waals surface area (Å²) in [7, 11) is 3.95. The van der Waals surface area contributed by atoms with Gasteiger partial charge in [0.25, 0.3) is 5.91 Å². The summed E-state index contributed by atoms with van der Waals surface area (Å²) in [5.41, 5.74) is 3.83. The van der Waals surface area contributed by atoms with Crippen LogP contribution in [0.3, 0.4) is 0 Å². The molecule has 138 valence electrons. The molecule has 2 aliphatic heterocycles. The predicted molar refractivity (Wildman–Crippen MR) is 106 cm³/mol. The lowest BCUT2D eigenvalue weighted by atomic mass is 9.85. The van der Waals surface area contributed by atoms with Crippen LogP contribution in [0.5, 0.6) is 0 Å². The maximum atomic E-state index is 11.9. The quantitative estimate of drug-likeness (QED) is 0.812. The molecule has 4 rings (SSSR count). The lowest BCUT2D eigenvalue weighted by molar-refractivity contribution is -0.115. The average Bonchev–Trinajstić information content (AvgIpc) is 2.99. The smallest absolute Gasteiger partial charge is 0.329 e. The van der Waals surface area contributed by atoms with Crippen LogP contribution in [-0.4, -0.2) is 49.9 Å². The van der Waals surface area contributed by atoms with E-state index in [4.69, 9.17) is 16.6 Å². The molecule has 0 aromatic heterocycles. The number of urea groups is 1. The van der Waals surface area contributed by atoms with Gasteiger partial charge in [0.15, 0.2) is 0 Å². The molecule has 0 saturated carbocycles. The van der Waals surface area contributed by atoms with E-state index in [2.05, 4.69) is 5.32 Å². The fourth-order valence-electron chi connectivity index (χ4n) is 3.59. The van der Waals surface area contributed by atoms with Gasteiger partial charge in [0.1, 0.15) is 5.84 Å². The third kappa shape index (κ3) is 3.06. The zero-order chi connectivity index (χ0) is 19.1. The minimum absolute atomic E-state index is 0.0388. The number of halogens is 1. The highest BCUT2D eigenvalue weighted by molar-refractivity contribution is 6.30. The molecule has 2 heterocycles. The summed E-state index contributed by atoms with van der Waals surface area (Å²) in [5.74, 6) is 0.760. The molecule has 1 fully saturated rings. The monoisotopic (exact) mass is 382 g/mol. The summed E-state index contributed by atoms with van der Waals surface area (Å²) in [6.45, 7) is 0.653. The Bertz CT molecular complexity index is 937. The SMILES string of the molecule is CN(C)C1=NCC(c2ccc(N3C(=O)CNC3=O)cc2)c2cc(Cl)ccc21. The Hall–Kier alpha value is -2.86. The van der Waals surface area contributed by atoms with Crippen molar-refractivity contribution in [2.24, 2.45) is 4.99 Å². The van der Waals surface area contributed by atoms with Gasteiger partial charge >= 0.3 is 6.03 Å². The van der Waals surface area contributed by atoms with Crippen LogP contribution in [0.1, 0.15) is 22.6 Å². The number of amides is 3. The Morgan fingerprint density at radius 3 is 2.52 bits per heavy atom. The fourth-order valence-corrected chi connectivity index (χ4v) is 3.77. The van der Waals surface area contributed by atoms with Gasteiger partial charge in [-0.3, -0.25) is 9.79 Å². The molecule has 1 N–H and O–H groups in total. The fraction of sp³-hybridized carbons (Fsp3) is 0.250. The largest absolute Gasteiger partial charge is 0.363 e. The standard InChI is InChI=1S/C20H19ClN4O2/c1-24(2)19-15-8-5-13(21)9-16(15)17(10-22-19)12-3-6-14(7-4-12)25-18(26)11-23-20(25)27/h3-9,17H,10-11H2,1-2H3,(H,23,27). The second kappa shape index (κ2) is 6.70. The topological polar surface area (TPSA) is 65.0 Å². The molecule has 7 heteroatoms. The van der Waals surface area contributed by atoms with E-state index in [1.807, 2.05) is 49.3 Å². The summed E-state index contributed by atoms with van der Waals surface area (Å²) >= 11 is 6.26. The van der Waals surface area contributed by atoms with Crippen molar-refractivity contribution in [3.63, 3.8) is 0 Å². The molecule has 2 aliphatic rings. The van der Waals surface area contributed by atoms with E-state index in [1.165, 1.54) is 0 Å². The lowest BCUT2D eigenvalue weighted by Gasteiger charge is -2.28. The first-order valence-corrected chi connectivity index (χ1v) is 9.06. The molecular weight excluding hydrogens is 364 g/mol. The number of hydrogen-bond acceptors (Lipinski definition) is 4. The number of carbonyl (C=O) groups is 2.